The van der Waals surface area contributed by atoms with Gasteiger partial charge in [-0.25, -0.2) is 15.0 Å². The Hall–Kier alpha value is -3.43. The number of anilines is 1. The number of ether oxygens (including phenoxy) is 1. The summed E-state index contributed by atoms with van der Waals surface area (Å²) in [7, 11) is 1.52. The van der Waals surface area contributed by atoms with E-state index in [1.165, 1.54) is 19.5 Å². The second-order valence-corrected chi connectivity index (χ2v) is 8.43. The summed E-state index contributed by atoms with van der Waals surface area (Å²) in [6.07, 6.45) is 4.63. The van der Waals surface area contributed by atoms with Crippen LogP contribution in [0.4, 0.5) is 5.82 Å². The van der Waals surface area contributed by atoms with Crippen LogP contribution in [0.1, 0.15) is 29.3 Å². The van der Waals surface area contributed by atoms with Crippen molar-refractivity contribution >= 4 is 45.8 Å². The van der Waals surface area contributed by atoms with Gasteiger partial charge in [0, 0.05) is 23.7 Å². The van der Waals surface area contributed by atoms with E-state index in [2.05, 4.69) is 15.0 Å². The van der Waals surface area contributed by atoms with Gasteiger partial charge in [0.25, 0.3) is 5.91 Å². The molecule has 11 heteroatoms. The van der Waals surface area contributed by atoms with E-state index >= 15 is 0 Å². The molecule has 1 aliphatic rings. The van der Waals surface area contributed by atoms with Crippen LogP contribution >= 0.6 is 23.2 Å². The Morgan fingerprint density at radius 2 is 1.91 bits per heavy atom. The quantitative estimate of drug-likeness (QED) is 0.468. The lowest BCUT2D eigenvalue weighted by Gasteiger charge is -2.34. The maximum absolute atomic E-state index is 13.3. The first-order chi connectivity index (χ1) is 15.9. The molecule has 4 aromatic rings. The van der Waals surface area contributed by atoms with Crippen molar-refractivity contribution in [3.05, 3.63) is 58.4 Å². The first-order valence-electron chi connectivity index (χ1n) is 10.2. The minimum atomic E-state index is -0.320. The molecule has 0 bridgehead atoms. The smallest absolute Gasteiger partial charge is 0.292 e. The fourth-order valence-electron chi connectivity index (χ4n) is 4.14. The number of nitrogens with two attached hydrogens (primary N) is 1. The molecule has 0 saturated carbocycles. The molecule has 5 rings (SSSR count). The molecular weight excluding hydrogens is 465 g/mol. The van der Waals surface area contributed by atoms with Crippen LogP contribution in [0.3, 0.4) is 0 Å². The van der Waals surface area contributed by atoms with Crippen molar-refractivity contribution in [2.45, 2.75) is 19.5 Å². The van der Waals surface area contributed by atoms with Gasteiger partial charge in [-0.05, 0) is 30.7 Å². The average molecular weight is 484 g/mol. The summed E-state index contributed by atoms with van der Waals surface area (Å²) in [6.45, 7) is 2.88. The van der Waals surface area contributed by atoms with Gasteiger partial charge in [-0.15, -0.1) is 0 Å². The number of fused-ring (bicyclic) bond motifs is 3. The monoisotopic (exact) mass is 483 g/mol. The molecule has 0 aliphatic carbocycles. The van der Waals surface area contributed by atoms with E-state index in [1.54, 1.807) is 23.2 Å². The fourth-order valence-corrected chi connectivity index (χ4v) is 4.52. The second-order valence-electron chi connectivity index (χ2n) is 7.64. The van der Waals surface area contributed by atoms with Crippen molar-refractivity contribution in [2.75, 3.05) is 19.4 Å². The minimum Gasteiger partial charge on any atom is -0.494 e. The molecule has 0 radical (unpaired) electrons. The summed E-state index contributed by atoms with van der Waals surface area (Å²) in [6, 6.07) is 5.06. The molecule has 3 aromatic heterocycles. The van der Waals surface area contributed by atoms with E-state index in [0.29, 0.717) is 40.2 Å². The van der Waals surface area contributed by atoms with Gasteiger partial charge in [0.05, 0.1) is 47.8 Å². The molecule has 0 fully saturated rings. The van der Waals surface area contributed by atoms with E-state index in [-0.39, 0.29) is 17.8 Å². The molecule has 1 aliphatic heterocycles. The summed E-state index contributed by atoms with van der Waals surface area (Å²) in [5.41, 5.74) is 8.83. The molecule has 0 spiro atoms. The lowest BCUT2D eigenvalue weighted by atomic mass is 9.97. The lowest BCUT2D eigenvalue weighted by molar-refractivity contribution is 0.0626. The zero-order valence-corrected chi connectivity index (χ0v) is 19.3. The third-order valence-electron chi connectivity index (χ3n) is 5.78. The number of aromatic nitrogens is 5. The molecule has 0 saturated heterocycles. The van der Waals surface area contributed by atoms with Gasteiger partial charge in [-0.2, -0.15) is 5.10 Å². The van der Waals surface area contributed by atoms with Crippen LogP contribution in [0.5, 0.6) is 5.75 Å². The highest BCUT2D eigenvalue weighted by Gasteiger charge is 2.34. The van der Waals surface area contributed by atoms with Crippen LogP contribution in [0.15, 0.2) is 36.8 Å². The fraction of sp³-hybridized carbons (Fsp3) is 0.227. The zero-order valence-electron chi connectivity index (χ0n) is 17.8. The van der Waals surface area contributed by atoms with E-state index in [9.17, 15) is 4.79 Å². The normalized spacial score (nSPS) is 15.5. The van der Waals surface area contributed by atoms with Crippen molar-refractivity contribution in [1.29, 1.82) is 0 Å². The number of pyridine rings is 1. The molecule has 0 unspecified atom stereocenters. The number of nitrogen functional groups attached to an aromatic ring is 1. The highest BCUT2D eigenvalue weighted by molar-refractivity contribution is 6.45. The van der Waals surface area contributed by atoms with Gasteiger partial charge < -0.3 is 15.4 Å². The molecular formula is C22H19Cl2N7O2. The van der Waals surface area contributed by atoms with Gasteiger partial charge >= 0.3 is 0 Å². The molecule has 168 valence electrons. The third kappa shape index (κ3) is 3.53. The molecule has 33 heavy (non-hydrogen) atoms. The molecule has 1 aromatic carbocycles. The minimum absolute atomic E-state index is 0.101. The van der Waals surface area contributed by atoms with E-state index in [1.807, 2.05) is 17.7 Å². The first-order valence-corrected chi connectivity index (χ1v) is 10.9. The van der Waals surface area contributed by atoms with Gasteiger partial charge in [0.15, 0.2) is 5.75 Å². The van der Waals surface area contributed by atoms with Crippen LogP contribution in [-0.2, 0) is 6.54 Å². The third-order valence-corrected chi connectivity index (χ3v) is 6.56. The first kappa shape index (κ1) is 21.4. The number of amides is 1. The summed E-state index contributed by atoms with van der Waals surface area (Å²) >= 11 is 13.0. The molecule has 1 amide bonds. The standard InChI is InChI=1S/C22H19Cl2N7O2/c1-11-20-17-14(12-3-4-16(25)26-8-12)7-15(23)18(24)19(17)29-31(20)6-5-30(11)22(32)21-27-9-13(33-2)10-28-21/h3-4,7-11H,5-6H2,1-2H3,(H2,25,26)/t11-/m1/s1. The number of rotatable bonds is 3. The Morgan fingerprint density at radius 3 is 2.58 bits per heavy atom. The van der Waals surface area contributed by atoms with Crippen LogP contribution in [0, 0.1) is 0 Å². The Morgan fingerprint density at radius 1 is 1.15 bits per heavy atom. The van der Waals surface area contributed by atoms with Crippen LogP contribution in [-0.4, -0.2) is 49.2 Å². The number of hydrogen-bond donors (Lipinski definition) is 1. The zero-order chi connectivity index (χ0) is 23.3. The van der Waals surface area contributed by atoms with Gasteiger partial charge in [-0.1, -0.05) is 23.2 Å². The summed E-state index contributed by atoms with van der Waals surface area (Å²) in [5.74, 6) is 0.720. The van der Waals surface area contributed by atoms with E-state index in [4.69, 9.17) is 38.8 Å². The number of carbonyl (C=O) groups is 1. The Bertz CT molecular complexity index is 1370. The topological polar surface area (TPSA) is 112 Å². The van der Waals surface area contributed by atoms with Crippen molar-refractivity contribution in [1.82, 2.24) is 29.6 Å². The Labute approximate surface area is 199 Å². The van der Waals surface area contributed by atoms with Crippen molar-refractivity contribution in [2.24, 2.45) is 0 Å². The second kappa shape index (κ2) is 8.17. The summed E-state index contributed by atoms with van der Waals surface area (Å²) < 4.78 is 6.96. The summed E-state index contributed by atoms with van der Waals surface area (Å²) in [5, 5.41) is 6.30. The predicted molar refractivity (Wildman–Crippen MR) is 125 cm³/mol. The van der Waals surface area contributed by atoms with Crippen molar-refractivity contribution in [3.8, 4) is 16.9 Å². The highest BCUT2D eigenvalue weighted by Crippen LogP contribution is 2.43. The average Bonchev–Trinajstić information content (AvgIpc) is 3.23. The van der Waals surface area contributed by atoms with E-state index in [0.717, 1.165) is 22.2 Å². The van der Waals surface area contributed by atoms with Crippen molar-refractivity contribution < 1.29 is 9.53 Å². The van der Waals surface area contributed by atoms with Gasteiger partial charge in [-0.3, -0.25) is 9.48 Å². The van der Waals surface area contributed by atoms with Crippen LogP contribution in [0.25, 0.3) is 22.0 Å². The number of methoxy groups -OCH3 is 1. The Kier molecular flexibility index (Phi) is 5.30. The molecule has 4 heterocycles. The van der Waals surface area contributed by atoms with Crippen LogP contribution < -0.4 is 10.5 Å². The number of halogens is 2. The number of benzene rings is 1. The number of nitrogens with zero attached hydrogens (tertiary/aromatic N) is 6. The molecule has 1 atom stereocenters. The SMILES string of the molecule is COc1cnc(C(=O)N2CCn3nc4c(Cl)c(Cl)cc(-c5ccc(N)nc5)c4c3[C@H]2C)nc1. The van der Waals surface area contributed by atoms with Crippen molar-refractivity contribution in [3.63, 3.8) is 0 Å². The largest absolute Gasteiger partial charge is 0.494 e. The number of hydrogen-bond acceptors (Lipinski definition) is 7. The lowest BCUT2D eigenvalue weighted by Crippen LogP contribution is -2.41. The Balaban J connectivity index is 1.64. The molecule has 9 nitrogen and oxygen atoms in total. The predicted octanol–water partition coefficient (Wildman–Crippen LogP) is 4.00. The maximum Gasteiger partial charge on any atom is 0.292 e. The van der Waals surface area contributed by atoms with Gasteiger partial charge in [0.1, 0.15) is 11.3 Å². The maximum atomic E-state index is 13.3. The van der Waals surface area contributed by atoms with Gasteiger partial charge in [0.2, 0.25) is 5.82 Å². The van der Waals surface area contributed by atoms with Crippen LogP contribution in [0.2, 0.25) is 10.0 Å². The van der Waals surface area contributed by atoms with E-state index < -0.39 is 0 Å². The molecule has 2 N–H and O–H groups in total. The number of carbonyl (C=O) groups excluding carboxylic acids is 1. The summed E-state index contributed by atoms with van der Waals surface area (Å²) in [4.78, 5) is 27.5. The highest BCUT2D eigenvalue weighted by atomic mass is 35.5.